The molecule has 1 amide bonds. The molecule has 0 bridgehead atoms. The molecule has 32 heavy (non-hydrogen) atoms. The van der Waals surface area contributed by atoms with Crippen LogP contribution in [0.4, 0.5) is 9.11 Å². The molecule has 0 aliphatic carbocycles. The molecule has 1 N–H and O–H groups in total. The average molecular weight is 437 g/mol. The standard InChI is InChI=1S/C24H29BFN3O3/c1-16-13-18(3)28-22(16)20(5)23-17(2)14-19(4)29(23)25(26)32-12-11-31-24(30)27-15-21-9-7-6-8-10-21/h6-10,13-14H,11-12,15H2,1-5H3,(H,27,30)/b22-20-. The molecular formula is C24H29BFN3O3. The van der Waals surface area contributed by atoms with Crippen LogP contribution in [0.5, 0.6) is 0 Å². The lowest BCUT2D eigenvalue weighted by Crippen LogP contribution is -2.30. The molecular weight excluding hydrogens is 408 g/mol. The number of ether oxygens (including phenoxy) is 1. The van der Waals surface area contributed by atoms with E-state index < -0.39 is 13.4 Å². The maximum Gasteiger partial charge on any atom is 0.637 e. The number of halogens is 1. The number of rotatable bonds is 8. The zero-order chi connectivity index (χ0) is 23.3. The number of carbonyl (C=O) groups excluding carboxylic acids is 1. The zero-order valence-corrected chi connectivity index (χ0v) is 19.2. The van der Waals surface area contributed by atoms with Crippen molar-refractivity contribution in [2.24, 2.45) is 4.99 Å². The molecule has 0 spiro atoms. The van der Waals surface area contributed by atoms with E-state index in [9.17, 15) is 4.79 Å². The van der Waals surface area contributed by atoms with E-state index >= 15 is 4.32 Å². The first-order valence-corrected chi connectivity index (χ1v) is 10.6. The number of allylic oxidation sites excluding steroid dienone is 3. The van der Waals surface area contributed by atoms with E-state index in [0.717, 1.165) is 45.1 Å². The second kappa shape index (κ2) is 10.5. The van der Waals surface area contributed by atoms with Crippen LogP contribution < -0.4 is 5.32 Å². The summed E-state index contributed by atoms with van der Waals surface area (Å²) < 4.78 is 27.1. The molecule has 6 nitrogen and oxygen atoms in total. The maximum atomic E-state index is 15.1. The van der Waals surface area contributed by atoms with Gasteiger partial charge in [0.1, 0.15) is 6.61 Å². The van der Waals surface area contributed by atoms with Gasteiger partial charge in [0.05, 0.1) is 12.3 Å². The van der Waals surface area contributed by atoms with Gasteiger partial charge in [0.25, 0.3) is 0 Å². The predicted molar refractivity (Wildman–Crippen MR) is 126 cm³/mol. The molecule has 0 saturated heterocycles. The summed E-state index contributed by atoms with van der Waals surface area (Å²) in [6.07, 6.45) is 1.44. The second-order valence-corrected chi connectivity index (χ2v) is 7.88. The highest BCUT2D eigenvalue weighted by Gasteiger charge is 2.28. The minimum atomic E-state index is -1.71. The van der Waals surface area contributed by atoms with Crippen LogP contribution in [-0.4, -0.2) is 36.8 Å². The Bertz CT molecular complexity index is 1070. The summed E-state index contributed by atoms with van der Waals surface area (Å²) in [4.78, 5) is 16.4. The van der Waals surface area contributed by atoms with Gasteiger partial charge in [0.15, 0.2) is 0 Å². The number of alkyl carbamates (subject to hydrolysis) is 1. The largest absolute Gasteiger partial charge is 0.637 e. The Hall–Kier alpha value is -3.13. The van der Waals surface area contributed by atoms with E-state index in [1.807, 2.05) is 77.1 Å². The van der Waals surface area contributed by atoms with Crippen molar-refractivity contribution in [1.82, 2.24) is 9.79 Å². The van der Waals surface area contributed by atoms with Crippen molar-refractivity contribution >= 4 is 24.7 Å². The molecule has 0 saturated carbocycles. The average Bonchev–Trinajstić information content (AvgIpc) is 3.26. The normalized spacial score (nSPS) is 14.7. The Balaban J connectivity index is 1.58. The van der Waals surface area contributed by atoms with E-state index in [1.165, 1.54) is 4.48 Å². The number of hydrogen-bond donors (Lipinski definition) is 1. The summed E-state index contributed by atoms with van der Waals surface area (Å²) in [6, 6.07) is 11.4. The van der Waals surface area contributed by atoms with E-state index in [4.69, 9.17) is 9.39 Å². The van der Waals surface area contributed by atoms with Crippen LogP contribution in [0.15, 0.2) is 58.7 Å². The molecule has 2 heterocycles. The molecule has 2 aromatic rings. The first-order chi connectivity index (χ1) is 15.3. The van der Waals surface area contributed by atoms with E-state index in [1.54, 1.807) is 0 Å². The molecule has 1 aliphatic heterocycles. The lowest BCUT2D eigenvalue weighted by Gasteiger charge is -2.16. The Morgan fingerprint density at radius 3 is 2.53 bits per heavy atom. The quantitative estimate of drug-likeness (QED) is 0.467. The first kappa shape index (κ1) is 23.5. The van der Waals surface area contributed by atoms with Gasteiger partial charge in [0.2, 0.25) is 0 Å². The molecule has 8 heteroatoms. The zero-order valence-electron chi connectivity index (χ0n) is 19.2. The van der Waals surface area contributed by atoms with Crippen molar-refractivity contribution in [3.8, 4) is 0 Å². The third-order valence-electron chi connectivity index (χ3n) is 5.27. The number of aryl methyl sites for hydroxylation is 2. The summed E-state index contributed by atoms with van der Waals surface area (Å²) in [7, 11) is -1.71. The summed E-state index contributed by atoms with van der Waals surface area (Å²) in [6.45, 7) is 9.91. The van der Waals surface area contributed by atoms with Crippen molar-refractivity contribution in [3.63, 3.8) is 0 Å². The molecule has 3 rings (SSSR count). The van der Waals surface area contributed by atoms with Crippen molar-refractivity contribution in [2.45, 2.75) is 41.2 Å². The van der Waals surface area contributed by atoms with Gasteiger partial charge in [0, 0.05) is 23.6 Å². The molecule has 0 fully saturated rings. The third-order valence-corrected chi connectivity index (χ3v) is 5.27. The van der Waals surface area contributed by atoms with Crippen LogP contribution in [0.25, 0.3) is 5.57 Å². The lowest BCUT2D eigenvalue weighted by molar-refractivity contribution is 0.120. The Labute approximate surface area is 189 Å². The van der Waals surface area contributed by atoms with Gasteiger partial charge < -0.3 is 19.2 Å². The molecule has 1 aliphatic rings. The third kappa shape index (κ3) is 5.56. The fraction of sp³-hybridized carbons (Fsp3) is 0.333. The first-order valence-electron chi connectivity index (χ1n) is 10.6. The number of amides is 1. The fourth-order valence-corrected chi connectivity index (χ4v) is 3.90. The molecule has 0 atom stereocenters. The number of aliphatic imine (C=N–C) groups is 1. The Morgan fingerprint density at radius 1 is 1.16 bits per heavy atom. The van der Waals surface area contributed by atoms with Crippen LogP contribution in [0.1, 0.15) is 43.3 Å². The number of benzene rings is 1. The summed E-state index contributed by atoms with van der Waals surface area (Å²) in [5.41, 5.74) is 7.13. The maximum absolute atomic E-state index is 15.1. The Kier molecular flexibility index (Phi) is 7.69. The smallest absolute Gasteiger partial charge is 0.447 e. The fourth-order valence-electron chi connectivity index (χ4n) is 3.90. The van der Waals surface area contributed by atoms with Gasteiger partial charge in [-0.15, -0.1) is 0 Å². The van der Waals surface area contributed by atoms with Gasteiger partial charge >= 0.3 is 13.4 Å². The highest BCUT2D eigenvalue weighted by molar-refractivity contribution is 6.42. The van der Waals surface area contributed by atoms with Crippen LogP contribution in [0.3, 0.4) is 0 Å². The van der Waals surface area contributed by atoms with Crippen molar-refractivity contribution in [3.05, 3.63) is 76.3 Å². The number of aromatic nitrogens is 1. The van der Waals surface area contributed by atoms with Gasteiger partial charge in [-0.1, -0.05) is 30.3 Å². The molecule has 168 valence electrons. The summed E-state index contributed by atoms with van der Waals surface area (Å²) >= 11 is 0. The summed E-state index contributed by atoms with van der Waals surface area (Å²) in [5.74, 6) is 0. The highest BCUT2D eigenvalue weighted by atomic mass is 19.1. The van der Waals surface area contributed by atoms with Gasteiger partial charge in [-0.2, -0.15) is 0 Å². The molecule has 1 aromatic carbocycles. The number of nitrogens with one attached hydrogen (secondary N) is 1. The molecule has 0 radical (unpaired) electrons. The van der Waals surface area contributed by atoms with E-state index in [2.05, 4.69) is 10.3 Å². The van der Waals surface area contributed by atoms with Gasteiger partial charge in [-0.05, 0) is 69.0 Å². The lowest BCUT2D eigenvalue weighted by atomic mass is 10.0. The molecule has 1 aromatic heterocycles. The topological polar surface area (TPSA) is 64.8 Å². The van der Waals surface area contributed by atoms with Crippen LogP contribution in [-0.2, 0) is 15.9 Å². The summed E-state index contributed by atoms with van der Waals surface area (Å²) in [5, 5.41) is 2.65. The highest BCUT2D eigenvalue weighted by Crippen LogP contribution is 2.32. The minimum Gasteiger partial charge on any atom is -0.447 e. The number of hydrogen-bond acceptors (Lipinski definition) is 4. The van der Waals surface area contributed by atoms with Crippen LogP contribution in [0.2, 0.25) is 0 Å². The van der Waals surface area contributed by atoms with Crippen LogP contribution in [0, 0.1) is 13.8 Å². The number of carbonyl (C=O) groups is 1. The monoisotopic (exact) mass is 437 g/mol. The Morgan fingerprint density at radius 2 is 1.88 bits per heavy atom. The predicted octanol–water partition coefficient (Wildman–Crippen LogP) is 5.00. The number of nitrogens with zero attached hydrogens (tertiary/aromatic N) is 2. The van der Waals surface area contributed by atoms with Gasteiger partial charge in [-0.3, -0.25) is 9.31 Å². The second-order valence-electron chi connectivity index (χ2n) is 7.88. The minimum absolute atomic E-state index is 0.0545. The van der Waals surface area contributed by atoms with Crippen molar-refractivity contribution in [2.75, 3.05) is 13.2 Å². The van der Waals surface area contributed by atoms with Gasteiger partial charge in [-0.25, -0.2) is 4.79 Å². The van der Waals surface area contributed by atoms with E-state index in [-0.39, 0.29) is 13.2 Å². The SMILES string of the molecule is CC1=CC(C)=N/C1=C(/C)c1c(C)cc(C)n1B(F)OCCOC(=O)NCc1ccccc1. The van der Waals surface area contributed by atoms with Crippen molar-refractivity contribution < 1.29 is 18.5 Å². The van der Waals surface area contributed by atoms with Crippen LogP contribution >= 0.6 is 0 Å². The van der Waals surface area contributed by atoms with Crippen molar-refractivity contribution in [1.29, 1.82) is 0 Å². The molecule has 0 unspecified atom stereocenters. The van der Waals surface area contributed by atoms with E-state index in [0.29, 0.717) is 6.54 Å².